The summed E-state index contributed by atoms with van der Waals surface area (Å²) in [4.78, 5) is 25.9. The number of hydrogen-bond acceptors (Lipinski definition) is 3. The molecule has 0 aliphatic heterocycles. The second-order valence-corrected chi connectivity index (χ2v) is 4.78. The Morgan fingerprint density at radius 3 is 2.52 bits per heavy atom. The van der Waals surface area contributed by atoms with E-state index in [1.165, 1.54) is 0 Å². The van der Waals surface area contributed by atoms with Crippen molar-refractivity contribution in [2.45, 2.75) is 20.3 Å². The fraction of sp³-hybridized carbons (Fsp3) is 0.500. The number of hydrogen-bond donors (Lipinski definition) is 2. The SMILES string of the molecule is CCNC(=O)CN(CC)C(=O)c1ccccc1CCNC. The van der Waals surface area contributed by atoms with Gasteiger partial charge in [0.25, 0.3) is 5.91 Å². The normalized spacial score (nSPS) is 10.2. The van der Waals surface area contributed by atoms with Crippen LogP contribution in [0.2, 0.25) is 0 Å². The largest absolute Gasteiger partial charge is 0.355 e. The van der Waals surface area contributed by atoms with Crippen LogP contribution in [0.1, 0.15) is 29.8 Å². The van der Waals surface area contributed by atoms with Crippen LogP contribution in [-0.2, 0) is 11.2 Å². The van der Waals surface area contributed by atoms with E-state index >= 15 is 0 Å². The van der Waals surface area contributed by atoms with Crippen molar-refractivity contribution in [2.24, 2.45) is 0 Å². The molecule has 2 N–H and O–H groups in total. The van der Waals surface area contributed by atoms with Crippen molar-refractivity contribution in [1.29, 1.82) is 0 Å². The molecule has 2 amide bonds. The van der Waals surface area contributed by atoms with E-state index in [0.717, 1.165) is 18.5 Å². The summed E-state index contributed by atoms with van der Waals surface area (Å²) in [6, 6.07) is 7.58. The number of carbonyl (C=O) groups excluding carboxylic acids is 2. The molecule has 5 nitrogen and oxygen atoms in total. The lowest BCUT2D eigenvalue weighted by atomic mass is 10.0. The quantitative estimate of drug-likeness (QED) is 0.752. The molecule has 0 bridgehead atoms. The molecule has 0 spiro atoms. The summed E-state index contributed by atoms with van der Waals surface area (Å²) in [7, 11) is 1.89. The molecule has 0 aliphatic rings. The number of benzene rings is 1. The van der Waals surface area contributed by atoms with Crippen LogP contribution in [0.15, 0.2) is 24.3 Å². The van der Waals surface area contributed by atoms with E-state index in [1.54, 1.807) is 4.90 Å². The van der Waals surface area contributed by atoms with Crippen molar-refractivity contribution in [2.75, 3.05) is 33.2 Å². The van der Waals surface area contributed by atoms with Crippen molar-refractivity contribution in [1.82, 2.24) is 15.5 Å². The lowest BCUT2D eigenvalue weighted by Gasteiger charge is -2.21. The third-order valence-corrected chi connectivity index (χ3v) is 3.27. The van der Waals surface area contributed by atoms with Crippen LogP contribution in [0.25, 0.3) is 0 Å². The standard InChI is InChI=1S/C16H25N3O2/c1-4-18-15(20)12-19(5-2)16(21)14-9-7-6-8-13(14)10-11-17-3/h6-9,17H,4-5,10-12H2,1-3H3,(H,18,20). The third-order valence-electron chi connectivity index (χ3n) is 3.27. The molecule has 116 valence electrons. The Bertz CT molecular complexity index is 474. The van der Waals surface area contributed by atoms with Gasteiger partial charge >= 0.3 is 0 Å². The van der Waals surface area contributed by atoms with Crippen LogP contribution in [0.5, 0.6) is 0 Å². The van der Waals surface area contributed by atoms with Crippen molar-refractivity contribution in [3.63, 3.8) is 0 Å². The molecule has 0 atom stereocenters. The Morgan fingerprint density at radius 2 is 1.90 bits per heavy atom. The lowest BCUT2D eigenvalue weighted by molar-refractivity contribution is -0.121. The van der Waals surface area contributed by atoms with E-state index in [4.69, 9.17) is 0 Å². The predicted octanol–water partition coefficient (Wildman–Crippen LogP) is 1.05. The highest BCUT2D eigenvalue weighted by molar-refractivity contribution is 5.97. The molecule has 1 rings (SSSR count). The van der Waals surface area contributed by atoms with Gasteiger partial charge < -0.3 is 15.5 Å². The number of carbonyl (C=O) groups is 2. The minimum atomic E-state index is -0.125. The molecular weight excluding hydrogens is 266 g/mol. The highest BCUT2D eigenvalue weighted by Crippen LogP contribution is 2.12. The molecule has 0 aliphatic carbocycles. The molecule has 5 heteroatoms. The first kappa shape index (κ1) is 17.2. The fourth-order valence-corrected chi connectivity index (χ4v) is 2.13. The Labute approximate surface area is 126 Å². The molecule has 0 radical (unpaired) electrons. The maximum absolute atomic E-state index is 12.6. The van der Waals surface area contributed by atoms with Gasteiger partial charge in [-0.25, -0.2) is 0 Å². The van der Waals surface area contributed by atoms with Crippen LogP contribution in [-0.4, -0.2) is 49.9 Å². The zero-order chi connectivity index (χ0) is 15.7. The topological polar surface area (TPSA) is 61.4 Å². The predicted molar refractivity (Wildman–Crippen MR) is 84.3 cm³/mol. The van der Waals surface area contributed by atoms with Gasteiger partial charge in [-0.15, -0.1) is 0 Å². The van der Waals surface area contributed by atoms with Crippen LogP contribution in [0.4, 0.5) is 0 Å². The van der Waals surface area contributed by atoms with E-state index < -0.39 is 0 Å². The van der Waals surface area contributed by atoms with E-state index in [2.05, 4.69) is 10.6 Å². The molecule has 0 fully saturated rings. The molecule has 0 aromatic heterocycles. The summed E-state index contributed by atoms with van der Waals surface area (Å²) in [5.74, 6) is -0.212. The van der Waals surface area contributed by atoms with Crippen LogP contribution < -0.4 is 10.6 Å². The van der Waals surface area contributed by atoms with Gasteiger partial charge in [-0.1, -0.05) is 18.2 Å². The highest BCUT2D eigenvalue weighted by atomic mass is 16.2. The van der Waals surface area contributed by atoms with E-state index in [0.29, 0.717) is 18.7 Å². The molecule has 0 heterocycles. The van der Waals surface area contributed by atoms with Gasteiger partial charge in [0.1, 0.15) is 0 Å². The first-order valence-electron chi connectivity index (χ1n) is 7.42. The monoisotopic (exact) mass is 291 g/mol. The second kappa shape index (κ2) is 9.13. The van der Waals surface area contributed by atoms with Crippen molar-refractivity contribution in [3.8, 4) is 0 Å². The summed E-state index contributed by atoms with van der Waals surface area (Å²) in [6.07, 6.45) is 0.789. The number of rotatable bonds is 8. The first-order chi connectivity index (χ1) is 10.1. The van der Waals surface area contributed by atoms with Crippen molar-refractivity contribution in [3.05, 3.63) is 35.4 Å². The van der Waals surface area contributed by atoms with Crippen molar-refractivity contribution >= 4 is 11.8 Å². The van der Waals surface area contributed by atoms with Gasteiger partial charge in [0, 0.05) is 18.7 Å². The Kier molecular flexibility index (Phi) is 7.46. The molecule has 1 aromatic rings. The van der Waals surface area contributed by atoms with Crippen LogP contribution >= 0.6 is 0 Å². The molecule has 1 aromatic carbocycles. The van der Waals surface area contributed by atoms with E-state index in [-0.39, 0.29) is 18.4 Å². The Hall–Kier alpha value is -1.88. The molecular formula is C16H25N3O2. The first-order valence-corrected chi connectivity index (χ1v) is 7.42. The van der Waals surface area contributed by atoms with Gasteiger partial charge in [0.2, 0.25) is 5.91 Å². The van der Waals surface area contributed by atoms with Gasteiger partial charge in [0.15, 0.2) is 0 Å². The van der Waals surface area contributed by atoms with Crippen molar-refractivity contribution < 1.29 is 9.59 Å². The number of nitrogens with one attached hydrogen (secondary N) is 2. The van der Waals surface area contributed by atoms with Gasteiger partial charge in [-0.05, 0) is 45.5 Å². The van der Waals surface area contributed by atoms with Gasteiger partial charge in [-0.2, -0.15) is 0 Å². The Balaban J connectivity index is 2.86. The molecule has 0 unspecified atom stereocenters. The molecule has 21 heavy (non-hydrogen) atoms. The number of nitrogens with zero attached hydrogens (tertiary/aromatic N) is 1. The van der Waals surface area contributed by atoms with Crippen LogP contribution in [0.3, 0.4) is 0 Å². The maximum atomic E-state index is 12.6. The smallest absolute Gasteiger partial charge is 0.254 e. The fourth-order valence-electron chi connectivity index (χ4n) is 2.13. The lowest BCUT2D eigenvalue weighted by Crippen LogP contribution is -2.40. The molecule has 0 saturated heterocycles. The average Bonchev–Trinajstić information content (AvgIpc) is 2.50. The van der Waals surface area contributed by atoms with Crippen LogP contribution in [0, 0.1) is 0 Å². The van der Waals surface area contributed by atoms with E-state index in [1.807, 2.05) is 45.2 Å². The summed E-state index contributed by atoms with van der Waals surface area (Å²) >= 11 is 0. The third kappa shape index (κ3) is 5.19. The molecule has 0 saturated carbocycles. The summed E-state index contributed by atoms with van der Waals surface area (Å²) < 4.78 is 0. The maximum Gasteiger partial charge on any atom is 0.254 e. The summed E-state index contributed by atoms with van der Waals surface area (Å²) in [5.41, 5.74) is 1.69. The summed E-state index contributed by atoms with van der Waals surface area (Å²) in [6.45, 7) is 5.74. The van der Waals surface area contributed by atoms with E-state index in [9.17, 15) is 9.59 Å². The minimum Gasteiger partial charge on any atom is -0.355 e. The zero-order valence-electron chi connectivity index (χ0n) is 13.1. The van der Waals surface area contributed by atoms with Gasteiger partial charge in [0.05, 0.1) is 6.54 Å². The zero-order valence-corrected chi connectivity index (χ0v) is 13.1. The minimum absolute atomic E-state index is 0.0875. The van der Waals surface area contributed by atoms with Gasteiger partial charge in [-0.3, -0.25) is 9.59 Å². The second-order valence-electron chi connectivity index (χ2n) is 4.78. The number of likely N-dealkylation sites (N-methyl/N-ethyl adjacent to an activating group) is 3. The number of amides is 2. The Morgan fingerprint density at radius 1 is 1.19 bits per heavy atom. The highest BCUT2D eigenvalue weighted by Gasteiger charge is 2.19. The summed E-state index contributed by atoms with van der Waals surface area (Å²) in [5, 5.41) is 5.81. The average molecular weight is 291 g/mol.